The lowest BCUT2D eigenvalue weighted by Crippen LogP contribution is -2.14. The summed E-state index contributed by atoms with van der Waals surface area (Å²) in [5.41, 5.74) is 0.346. The first-order chi connectivity index (χ1) is 7.87. The first-order valence-corrected chi connectivity index (χ1v) is 6.19. The highest BCUT2D eigenvalue weighted by Crippen LogP contribution is 2.18. The molecule has 96 valence electrons. The maximum atomic E-state index is 4.20. The highest BCUT2D eigenvalue weighted by molar-refractivity contribution is 5.46. The van der Waals surface area contributed by atoms with Crippen LogP contribution in [0.25, 0.3) is 0 Å². The van der Waals surface area contributed by atoms with E-state index in [4.69, 9.17) is 0 Å². The smallest absolute Gasteiger partial charge is 0.131 e. The summed E-state index contributed by atoms with van der Waals surface area (Å²) >= 11 is 0. The fraction of sp³-hybridized carbons (Fsp3) is 0.692. The minimum Gasteiger partial charge on any atom is -0.370 e. The minimum atomic E-state index is 0.346. The molecule has 0 fully saturated rings. The molecule has 2 N–H and O–H groups in total. The molecule has 0 aromatic carbocycles. The van der Waals surface area contributed by atoms with Crippen molar-refractivity contribution < 1.29 is 0 Å². The Morgan fingerprint density at radius 1 is 1.18 bits per heavy atom. The molecule has 1 aromatic rings. The van der Waals surface area contributed by atoms with Crippen molar-refractivity contribution in [1.29, 1.82) is 0 Å². The van der Waals surface area contributed by atoms with Crippen LogP contribution < -0.4 is 10.6 Å². The number of nitrogens with zero attached hydrogens (tertiary/aromatic N) is 2. The first kappa shape index (κ1) is 13.7. The summed E-state index contributed by atoms with van der Waals surface area (Å²) < 4.78 is 0. The van der Waals surface area contributed by atoms with Gasteiger partial charge in [0, 0.05) is 18.7 Å². The SMILES string of the molecule is CC(C)Nc1cc(NCCC(C)(C)C)ncn1. The van der Waals surface area contributed by atoms with Gasteiger partial charge in [-0.2, -0.15) is 0 Å². The van der Waals surface area contributed by atoms with Crippen molar-refractivity contribution in [3.8, 4) is 0 Å². The Labute approximate surface area is 104 Å². The van der Waals surface area contributed by atoms with E-state index >= 15 is 0 Å². The van der Waals surface area contributed by atoms with Crippen molar-refractivity contribution in [2.24, 2.45) is 5.41 Å². The molecule has 0 aliphatic rings. The van der Waals surface area contributed by atoms with Crippen molar-refractivity contribution in [2.75, 3.05) is 17.2 Å². The van der Waals surface area contributed by atoms with E-state index in [2.05, 4.69) is 55.2 Å². The van der Waals surface area contributed by atoms with Crippen LogP contribution in [0.5, 0.6) is 0 Å². The van der Waals surface area contributed by atoms with Crippen LogP contribution in [0.15, 0.2) is 12.4 Å². The monoisotopic (exact) mass is 236 g/mol. The van der Waals surface area contributed by atoms with Gasteiger partial charge in [-0.05, 0) is 25.7 Å². The standard InChI is InChI=1S/C13H24N4/c1-10(2)17-12-8-11(15-9-16-12)14-7-6-13(3,4)5/h8-10H,6-7H2,1-5H3,(H2,14,15,16,17). The number of hydrogen-bond acceptors (Lipinski definition) is 4. The summed E-state index contributed by atoms with van der Waals surface area (Å²) in [5.74, 6) is 1.75. The van der Waals surface area contributed by atoms with Crippen LogP contribution in [-0.2, 0) is 0 Å². The van der Waals surface area contributed by atoms with Crippen molar-refractivity contribution in [1.82, 2.24) is 9.97 Å². The summed E-state index contributed by atoms with van der Waals surface area (Å²) in [6.45, 7) is 11.8. The average molecular weight is 236 g/mol. The van der Waals surface area contributed by atoms with Gasteiger partial charge in [-0.15, -0.1) is 0 Å². The molecule has 0 saturated carbocycles. The quantitative estimate of drug-likeness (QED) is 0.824. The zero-order chi connectivity index (χ0) is 12.9. The second-order valence-corrected chi connectivity index (χ2v) is 5.82. The summed E-state index contributed by atoms with van der Waals surface area (Å²) in [6.07, 6.45) is 2.70. The van der Waals surface area contributed by atoms with Crippen LogP contribution >= 0.6 is 0 Å². The Morgan fingerprint density at radius 3 is 2.41 bits per heavy atom. The lowest BCUT2D eigenvalue weighted by molar-refractivity contribution is 0.389. The fourth-order valence-electron chi connectivity index (χ4n) is 1.39. The van der Waals surface area contributed by atoms with Crippen LogP contribution in [0.1, 0.15) is 41.0 Å². The Kier molecular flexibility index (Phi) is 4.73. The van der Waals surface area contributed by atoms with Gasteiger partial charge in [0.1, 0.15) is 18.0 Å². The molecule has 0 spiro atoms. The van der Waals surface area contributed by atoms with Gasteiger partial charge in [-0.25, -0.2) is 9.97 Å². The molecule has 1 rings (SSSR count). The van der Waals surface area contributed by atoms with Gasteiger partial charge in [-0.1, -0.05) is 20.8 Å². The molecule has 1 heterocycles. The highest BCUT2D eigenvalue weighted by Gasteiger charge is 2.09. The summed E-state index contributed by atoms with van der Waals surface area (Å²) in [5, 5.41) is 6.58. The Bertz CT molecular complexity index is 342. The number of anilines is 2. The van der Waals surface area contributed by atoms with E-state index < -0.39 is 0 Å². The molecule has 17 heavy (non-hydrogen) atoms. The van der Waals surface area contributed by atoms with Crippen LogP contribution in [0.2, 0.25) is 0 Å². The third kappa shape index (κ3) is 6.09. The van der Waals surface area contributed by atoms with Gasteiger partial charge in [-0.3, -0.25) is 0 Å². The molecule has 0 unspecified atom stereocenters. The molecule has 0 saturated heterocycles. The molecular formula is C13H24N4. The van der Waals surface area contributed by atoms with Gasteiger partial charge >= 0.3 is 0 Å². The van der Waals surface area contributed by atoms with Crippen LogP contribution in [0, 0.1) is 5.41 Å². The van der Waals surface area contributed by atoms with Crippen LogP contribution in [0.3, 0.4) is 0 Å². The van der Waals surface area contributed by atoms with Crippen molar-refractivity contribution in [3.63, 3.8) is 0 Å². The Morgan fingerprint density at radius 2 is 1.82 bits per heavy atom. The Hall–Kier alpha value is -1.32. The molecule has 1 aromatic heterocycles. The number of hydrogen-bond donors (Lipinski definition) is 2. The number of nitrogens with one attached hydrogen (secondary N) is 2. The lowest BCUT2D eigenvalue weighted by Gasteiger charge is -2.18. The van der Waals surface area contributed by atoms with E-state index in [9.17, 15) is 0 Å². The largest absolute Gasteiger partial charge is 0.370 e. The molecule has 0 bridgehead atoms. The van der Waals surface area contributed by atoms with Gasteiger partial charge in [0.15, 0.2) is 0 Å². The Balaban J connectivity index is 2.48. The van der Waals surface area contributed by atoms with Crippen LogP contribution in [0.4, 0.5) is 11.6 Å². The zero-order valence-corrected chi connectivity index (χ0v) is 11.5. The van der Waals surface area contributed by atoms with Gasteiger partial charge in [0.2, 0.25) is 0 Å². The van der Waals surface area contributed by atoms with Gasteiger partial charge in [0.25, 0.3) is 0 Å². The third-order valence-electron chi connectivity index (χ3n) is 2.28. The van der Waals surface area contributed by atoms with E-state index in [-0.39, 0.29) is 0 Å². The molecule has 0 aliphatic heterocycles. The average Bonchev–Trinajstić information content (AvgIpc) is 2.15. The zero-order valence-electron chi connectivity index (χ0n) is 11.5. The lowest BCUT2D eigenvalue weighted by atomic mass is 9.92. The van der Waals surface area contributed by atoms with Crippen LogP contribution in [-0.4, -0.2) is 22.6 Å². The van der Waals surface area contributed by atoms with Crippen molar-refractivity contribution >= 4 is 11.6 Å². The number of rotatable bonds is 5. The van der Waals surface area contributed by atoms with E-state index in [1.807, 2.05) is 6.07 Å². The van der Waals surface area contributed by atoms with Gasteiger partial charge < -0.3 is 10.6 Å². The maximum absolute atomic E-state index is 4.20. The third-order valence-corrected chi connectivity index (χ3v) is 2.28. The summed E-state index contributed by atoms with van der Waals surface area (Å²) in [7, 11) is 0. The second-order valence-electron chi connectivity index (χ2n) is 5.82. The first-order valence-electron chi connectivity index (χ1n) is 6.19. The molecule has 0 radical (unpaired) electrons. The highest BCUT2D eigenvalue weighted by atomic mass is 15.1. The molecule has 4 heteroatoms. The topological polar surface area (TPSA) is 49.8 Å². The molecular weight excluding hydrogens is 212 g/mol. The van der Waals surface area contributed by atoms with E-state index in [0.29, 0.717) is 11.5 Å². The molecule has 0 amide bonds. The summed E-state index contributed by atoms with van der Waals surface area (Å²) in [6, 6.07) is 2.33. The molecule has 4 nitrogen and oxygen atoms in total. The van der Waals surface area contributed by atoms with E-state index in [1.165, 1.54) is 0 Å². The van der Waals surface area contributed by atoms with Crippen molar-refractivity contribution in [3.05, 3.63) is 12.4 Å². The van der Waals surface area contributed by atoms with E-state index in [0.717, 1.165) is 24.6 Å². The normalized spacial score (nSPS) is 11.6. The van der Waals surface area contributed by atoms with Crippen molar-refractivity contribution in [2.45, 2.75) is 47.1 Å². The van der Waals surface area contributed by atoms with E-state index in [1.54, 1.807) is 6.33 Å². The summed E-state index contributed by atoms with van der Waals surface area (Å²) in [4.78, 5) is 8.38. The fourth-order valence-corrected chi connectivity index (χ4v) is 1.39. The predicted octanol–water partition coefficient (Wildman–Crippen LogP) is 3.15. The number of aromatic nitrogens is 2. The van der Waals surface area contributed by atoms with Gasteiger partial charge in [0.05, 0.1) is 0 Å². The second kappa shape index (κ2) is 5.84. The molecule has 0 atom stereocenters. The molecule has 0 aliphatic carbocycles. The predicted molar refractivity (Wildman–Crippen MR) is 73.4 cm³/mol. The minimum absolute atomic E-state index is 0.346. The maximum Gasteiger partial charge on any atom is 0.131 e.